The van der Waals surface area contributed by atoms with Crippen LogP contribution < -0.4 is 9.47 Å². The van der Waals surface area contributed by atoms with Crippen LogP contribution in [0.15, 0.2) is 177 Å². The summed E-state index contributed by atoms with van der Waals surface area (Å²) >= 11 is 3.32. The predicted octanol–water partition coefficient (Wildman–Crippen LogP) is 12.7. The average molecular weight is 803 g/mol. The van der Waals surface area contributed by atoms with Gasteiger partial charge in [-0.1, -0.05) is 97.1 Å². The summed E-state index contributed by atoms with van der Waals surface area (Å²) in [5.41, 5.74) is 6.01. The number of ether oxygens (including phenoxy) is 2. The third-order valence-corrected chi connectivity index (χ3v) is 16.4. The summed E-state index contributed by atoms with van der Waals surface area (Å²) < 4.78 is 68.8. The Balaban J connectivity index is 1.13. The molecule has 0 radical (unpaired) electrons. The lowest BCUT2D eigenvalue weighted by Crippen LogP contribution is -2.10. The molecule has 56 heavy (non-hydrogen) atoms. The van der Waals surface area contributed by atoms with Crippen molar-refractivity contribution in [1.29, 1.82) is 0 Å². The Hall–Kier alpha value is -6.04. The molecule has 270 valence electrons. The molecule has 11 rings (SSSR count). The first-order valence-corrected chi connectivity index (χ1v) is 22.3. The Bertz CT molecular complexity index is 3050. The number of benzene rings is 7. The van der Waals surface area contributed by atoms with E-state index in [1.807, 2.05) is 60.7 Å². The van der Waals surface area contributed by atoms with Gasteiger partial charge in [-0.3, -0.25) is 0 Å². The second-order valence-corrected chi connectivity index (χ2v) is 19.5. The molecule has 10 heteroatoms. The van der Waals surface area contributed by atoms with Gasteiger partial charge in [0.15, 0.2) is 0 Å². The molecule has 0 bridgehead atoms. The van der Waals surface area contributed by atoms with E-state index in [9.17, 15) is 16.8 Å². The van der Waals surface area contributed by atoms with Gasteiger partial charge in [0.05, 0.1) is 0 Å². The van der Waals surface area contributed by atoms with Crippen LogP contribution in [0.25, 0.3) is 63.3 Å². The number of para-hydroxylation sites is 2. The molecule has 0 saturated heterocycles. The minimum absolute atomic E-state index is 0.151. The molecule has 6 nitrogen and oxygen atoms in total. The standard InChI is InChI=1S/C46H26O6S4/c47-55(48)39-17-9-7-15-33(39)51-35-23-29(19-21-41(35)55)37-25-31-43(27-11-3-1-4-12-27)45-32(44(46(31)54-37)28-13-5-2-6-14-28)26-38(53-45)30-20-22-42-36(24-30)52-34-16-8-10-18-40(34)56(42,49)50/h1-26H. The molecule has 0 aliphatic carbocycles. The molecule has 0 fully saturated rings. The minimum atomic E-state index is -3.74. The highest BCUT2D eigenvalue weighted by Gasteiger charge is 2.33. The highest BCUT2D eigenvalue weighted by molar-refractivity contribution is 7.92. The van der Waals surface area contributed by atoms with Gasteiger partial charge in [0.25, 0.3) is 0 Å². The molecule has 0 N–H and O–H groups in total. The van der Waals surface area contributed by atoms with Gasteiger partial charge in [-0.15, -0.1) is 22.7 Å². The summed E-state index contributed by atoms with van der Waals surface area (Å²) in [6, 6.07) is 49.2. The summed E-state index contributed by atoms with van der Waals surface area (Å²) in [5.74, 6) is 1.25. The Morgan fingerprint density at radius 1 is 0.357 bits per heavy atom. The highest BCUT2D eigenvalue weighted by atomic mass is 32.2. The quantitative estimate of drug-likeness (QED) is 0.176. The zero-order chi connectivity index (χ0) is 37.8. The maximum absolute atomic E-state index is 13.6. The zero-order valence-electron chi connectivity index (χ0n) is 29.1. The number of sulfone groups is 2. The van der Waals surface area contributed by atoms with Gasteiger partial charge >= 0.3 is 0 Å². The van der Waals surface area contributed by atoms with Crippen molar-refractivity contribution in [1.82, 2.24) is 0 Å². The van der Waals surface area contributed by atoms with Crippen LogP contribution >= 0.6 is 22.7 Å². The molecular formula is C46H26O6S4. The number of rotatable bonds is 4. The topological polar surface area (TPSA) is 86.7 Å². The van der Waals surface area contributed by atoms with Crippen LogP contribution in [0, 0.1) is 0 Å². The van der Waals surface area contributed by atoms with E-state index in [1.54, 1.807) is 83.3 Å². The van der Waals surface area contributed by atoms with Gasteiger partial charge in [0.1, 0.15) is 42.6 Å². The van der Waals surface area contributed by atoms with Crippen LogP contribution in [0.5, 0.6) is 23.0 Å². The van der Waals surface area contributed by atoms with Crippen molar-refractivity contribution in [2.24, 2.45) is 0 Å². The Labute approximate surface area is 330 Å². The monoisotopic (exact) mass is 802 g/mol. The van der Waals surface area contributed by atoms with Crippen molar-refractivity contribution in [3.8, 4) is 66.1 Å². The molecule has 0 spiro atoms. The van der Waals surface area contributed by atoms with Crippen molar-refractivity contribution >= 4 is 62.5 Å². The number of thiophene rings is 2. The van der Waals surface area contributed by atoms with E-state index < -0.39 is 19.7 Å². The van der Waals surface area contributed by atoms with E-state index >= 15 is 0 Å². The molecule has 0 atom stereocenters. The highest BCUT2D eigenvalue weighted by Crippen LogP contribution is 2.54. The summed E-state index contributed by atoms with van der Waals surface area (Å²) in [6.45, 7) is 0. The summed E-state index contributed by atoms with van der Waals surface area (Å²) in [6.07, 6.45) is 0. The van der Waals surface area contributed by atoms with E-state index in [1.165, 1.54) is 0 Å². The van der Waals surface area contributed by atoms with Gasteiger partial charge in [0, 0.05) is 41.1 Å². The van der Waals surface area contributed by atoms with E-state index in [4.69, 9.17) is 9.47 Å². The van der Waals surface area contributed by atoms with Crippen molar-refractivity contribution < 1.29 is 26.3 Å². The summed E-state index contributed by atoms with van der Waals surface area (Å²) in [5, 5.41) is 2.15. The molecule has 0 unspecified atom stereocenters. The minimum Gasteiger partial charge on any atom is -0.455 e. The first-order valence-electron chi connectivity index (χ1n) is 17.7. The fraction of sp³-hybridized carbons (Fsp3) is 0. The lowest BCUT2D eigenvalue weighted by Gasteiger charge is -2.20. The fourth-order valence-electron chi connectivity index (χ4n) is 7.75. The molecule has 7 aromatic carbocycles. The van der Waals surface area contributed by atoms with Crippen molar-refractivity contribution in [2.75, 3.05) is 0 Å². The summed E-state index contributed by atoms with van der Waals surface area (Å²) in [4.78, 5) is 2.59. The third kappa shape index (κ3) is 4.96. The van der Waals surface area contributed by atoms with Crippen LogP contribution in [0.2, 0.25) is 0 Å². The van der Waals surface area contributed by atoms with Crippen molar-refractivity contribution in [2.45, 2.75) is 19.6 Å². The molecule has 2 aromatic heterocycles. The largest absolute Gasteiger partial charge is 0.455 e. The van der Waals surface area contributed by atoms with Crippen LogP contribution in [-0.2, 0) is 19.7 Å². The molecule has 0 saturated carbocycles. The van der Waals surface area contributed by atoms with Gasteiger partial charge in [-0.2, -0.15) is 0 Å². The van der Waals surface area contributed by atoms with Crippen molar-refractivity contribution in [3.05, 3.63) is 158 Å². The Morgan fingerprint density at radius 2 is 0.732 bits per heavy atom. The van der Waals surface area contributed by atoms with E-state index in [0.29, 0.717) is 23.0 Å². The normalized spacial score (nSPS) is 14.6. The Morgan fingerprint density at radius 3 is 1.16 bits per heavy atom. The molecule has 2 aliphatic heterocycles. The van der Waals surface area contributed by atoms with Gasteiger partial charge in [-0.05, 0) is 82.9 Å². The van der Waals surface area contributed by atoms with Crippen LogP contribution in [0.1, 0.15) is 0 Å². The third-order valence-electron chi connectivity index (χ3n) is 10.3. The van der Waals surface area contributed by atoms with Crippen LogP contribution in [-0.4, -0.2) is 16.8 Å². The number of hydrogen-bond acceptors (Lipinski definition) is 8. The molecule has 2 aliphatic rings. The average Bonchev–Trinajstić information content (AvgIpc) is 3.86. The zero-order valence-corrected chi connectivity index (χ0v) is 32.4. The van der Waals surface area contributed by atoms with E-state index in [0.717, 1.165) is 63.3 Å². The van der Waals surface area contributed by atoms with Crippen LogP contribution in [0.3, 0.4) is 0 Å². The molecule has 4 heterocycles. The first kappa shape index (κ1) is 33.3. The first-order chi connectivity index (χ1) is 27.3. The maximum atomic E-state index is 13.6. The maximum Gasteiger partial charge on any atom is 0.213 e. The van der Waals surface area contributed by atoms with Crippen LogP contribution in [0.4, 0.5) is 0 Å². The predicted molar refractivity (Wildman–Crippen MR) is 223 cm³/mol. The molecule has 9 aromatic rings. The second kappa shape index (κ2) is 12.2. The van der Waals surface area contributed by atoms with Gasteiger partial charge < -0.3 is 9.47 Å². The number of fused-ring (bicyclic) bond motifs is 6. The van der Waals surface area contributed by atoms with Gasteiger partial charge in [-0.25, -0.2) is 16.8 Å². The lowest BCUT2D eigenvalue weighted by molar-refractivity contribution is 0.442. The van der Waals surface area contributed by atoms with Gasteiger partial charge in [0.2, 0.25) is 19.7 Å². The molecular weight excluding hydrogens is 777 g/mol. The number of hydrogen-bond donors (Lipinski definition) is 0. The van der Waals surface area contributed by atoms with E-state index in [2.05, 4.69) is 36.4 Å². The van der Waals surface area contributed by atoms with Crippen molar-refractivity contribution in [3.63, 3.8) is 0 Å². The molecule has 0 amide bonds. The SMILES string of the molecule is O=S1(=O)c2ccccc2Oc2cc(-c3cc4c(-c5ccccc5)c5sc(-c6ccc7c(c6)Oc6ccccc6S7(=O)=O)cc5c(-c5ccccc5)c4s3)ccc21. The Kier molecular flexibility index (Phi) is 7.27. The lowest BCUT2D eigenvalue weighted by atomic mass is 9.93. The summed E-state index contributed by atoms with van der Waals surface area (Å²) in [7, 11) is -7.48. The smallest absolute Gasteiger partial charge is 0.213 e. The fourth-order valence-corrected chi connectivity index (χ4v) is 13.2. The van der Waals surface area contributed by atoms with E-state index in [-0.39, 0.29) is 19.6 Å². The second-order valence-electron chi connectivity index (χ2n) is 13.6.